The first kappa shape index (κ1) is 17.8. The standard InChI is InChI=1S/C20H25N3O4/c1-27-15-9-5-8-14(12-15)23-19(25)17-16(21-20(23)26)10-11-22(17)18(24)13-6-3-2-4-7-13/h5,8-9,12-13,16-17H,2-4,6-7,10-11H2,1H3,(H,21,26)/t16-,17+/m1/s1. The number of benzene rings is 1. The molecule has 1 saturated carbocycles. The van der Waals surface area contributed by atoms with Gasteiger partial charge in [-0.1, -0.05) is 25.3 Å². The molecule has 0 bridgehead atoms. The van der Waals surface area contributed by atoms with E-state index in [-0.39, 0.29) is 23.8 Å². The number of urea groups is 1. The molecule has 4 rings (SSSR count). The average molecular weight is 371 g/mol. The lowest BCUT2D eigenvalue weighted by Gasteiger charge is -2.38. The summed E-state index contributed by atoms with van der Waals surface area (Å²) in [7, 11) is 1.54. The van der Waals surface area contributed by atoms with Crippen LogP contribution in [0.25, 0.3) is 0 Å². The summed E-state index contributed by atoms with van der Waals surface area (Å²) < 4.78 is 5.21. The number of nitrogens with zero attached hydrogens (tertiary/aromatic N) is 2. The molecule has 2 heterocycles. The fourth-order valence-electron chi connectivity index (χ4n) is 4.53. The Morgan fingerprint density at radius 3 is 2.67 bits per heavy atom. The van der Waals surface area contributed by atoms with Crippen molar-refractivity contribution in [2.75, 3.05) is 18.6 Å². The zero-order valence-corrected chi connectivity index (χ0v) is 15.5. The molecule has 1 aliphatic carbocycles. The number of hydrogen-bond acceptors (Lipinski definition) is 4. The lowest BCUT2D eigenvalue weighted by molar-refractivity contribution is -0.142. The molecule has 0 spiro atoms. The third-order valence-electron chi connectivity index (χ3n) is 5.93. The summed E-state index contributed by atoms with van der Waals surface area (Å²) in [4.78, 5) is 41.7. The van der Waals surface area contributed by atoms with Gasteiger partial charge in [-0.3, -0.25) is 9.59 Å². The zero-order chi connectivity index (χ0) is 19.0. The molecular weight excluding hydrogens is 346 g/mol. The van der Waals surface area contributed by atoms with E-state index >= 15 is 0 Å². The minimum absolute atomic E-state index is 0.00759. The van der Waals surface area contributed by atoms with Crippen LogP contribution in [0.2, 0.25) is 0 Å². The topological polar surface area (TPSA) is 79.0 Å². The number of imide groups is 1. The van der Waals surface area contributed by atoms with Gasteiger partial charge in [0.25, 0.3) is 5.91 Å². The van der Waals surface area contributed by atoms with Crippen molar-refractivity contribution in [3.8, 4) is 5.75 Å². The molecule has 0 aromatic heterocycles. The van der Waals surface area contributed by atoms with E-state index in [0.29, 0.717) is 24.4 Å². The van der Waals surface area contributed by atoms with Gasteiger partial charge in [-0.25, -0.2) is 9.69 Å². The molecule has 0 radical (unpaired) electrons. The van der Waals surface area contributed by atoms with Crippen molar-refractivity contribution >= 4 is 23.5 Å². The van der Waals surface area contributed by atoms with Crippen molar-refractivity contribution in [3.63, 3.8) is 0 Å². The Bertz CT molecular complexity index is 759. The molecule has 27 heavy (non-hydrogen) atoms. The highest BCUT2D eigenvalue weighted by molar-refractivity contribution is 6.19. The van der Waals surface area contributed by atoms with Crippen LogP contribution in [0.3, 0.4) is 0 Å². The first-order valence-corrected chi connectivity index (χ1v) is 9.69. The number of hydrogen-bond donors (Lipinski definition) is 1. The second-order valence-electron chi connectivity index (χ2n) is 7.53. The minimum atomic E-state index is -0.622. The van der Waals surface area contributed by atoms with E-state index in [1.165, 1.54) is 13.5 Å². The largest absolute Gasteiger partial charge is 0.497 e. The molecule has 2 atom stereocenters. The number of anilines is 1. The van der Waals surface area contributed by atoms with Gasteiger partial charge in [-0.15, -0.1) is 0 Å². The Labute approximate surface area is 158 Å². The van der Waals surface area contributed by atoms with Crippen LogP contribution < -0.4 is 15.0 Å². The van der Waals surface area contributed by atoms with Crippen LogP contribution in [0.4, 0.5) is 10.5 Å². The fourth-order valence-corrected chi connectivity index (χ4v) is 4.53. The van der Waals surface area contributed by atoms with Crippen LogP contribution in [0.15, 0.2) is 24.3 Å². The Morgan fingerprint density at radius 1 is 1.15 bits per heavy atom. The molecule has 7 heteroatoms. The Hall–Kier alpha value is -2.57. The van der Waals surface area contributed by atoms with E-state index in [1.807, 2.05) is 0 Å². The molecule has 4 amide bonds. The quantitative estimate of drug-likeness (QED) is 0.884. The monoisotopic (exact) mass is 371 g/mol. The smallest absolute Gasteiger partial charge is 0.329 e. The molecule has 0 unspecified atom stereocenters. The molecule has 2 saturated heterocycles. The number of ether oxygens (including phenoxy) is 1. The molecule has 7 nitrogen and oxygen atoms in total. The molecule has 1 aromatic carbocycles. The molecule has 1 N–H and O–H groups in total. The van der Waals surface area contributed by atoms with Crippen molar-refractivity contribution in [3.05, 3.63) is 24.3 Å². The minimum Gasteiger partial charge on any atom is -0.497 e. The number of carbonyl (C=O) groups is 3. The second-order valence-corrected chi connectivity index (χ2v) is 7.53. The summed E-state index contributed by atoms with van der Waals surface area (Å²) in [6.07, 6.45) is 5.72. The van der Waals surface area contributed by atoms with E-state index < -0.39 is 12.1 Å². The number of fused-ring (bicyclic) bond motifs is 1. The maximum Gasteiger partial charge on any atom is 0.329 e. The lowest BCUT2D eigenvalue weighted by Crippen LogP contribution is -2.65. The number of nitrogens with one attached hydrogen (secondary N) is 1. The van der Waals surface area contributed by atoms with Crippen LogP contribution in [-0.4, -0.2) is 48.5 Å². The summed E-state index contributed by atoms with van der Waals surface area (Å²) in [6.45, 7) is 0.517. The lowest BCUT2D eigenvalue weighted by atomic mass is 9.88. The van der Waals surface area contributed by atoms with Gasteiger partial charge in [-0.05, 0) is 31.4 Å². The van der Waals surface area contributed by atoms with Crippen LogP contribution in [0, 0.1) is 5.92 Å². The number of rotatable bonds is 3. The van der Waals surface area contributed by atoms with Crippen molar-refractivity contribution in [1.29, 1.82) is 0 Å². The third-order valence-corrected chi connectivity index (χ3v) is 5.93. The van der Waals surface area contributed by atoms with Crippen LogP contribution in [0.5, 0.6) is 5.75 Å². The van der Waals surface area contributed by atoms with E-state index in [1.54, 1.807) is 29.2 Å². The summed E-state index contributed by atoms with van der Waals surface area (Å²) in [6, 6.07) is 5.47. The molecular formula is C20H25N3O4. The number of methoxy groups -OCH3 is 1. The van der Waals surface area contributed by atoms with E-state index in [9.17, 15) is 14.4 Å². The van der Waals surface area contributed by atoms with Crippen LogP contribution in [0.1, 0.15) is 38.5 Å². The van der Waals surface area contributed by atoms with Crippen LogP contribution in [-0.2, 0) is 9.59 Å². The van der Waals surface area contributed by atoms with Crippen molar-refractivity contribution in [2.45, 2.75) is 50.6 Å². The van der Waals surface area contributed by atoms with Crippen LogP contribution >= 0.6 is 0 Å². The predicted octanol–water partition coefficient (Wildman–Crippen LogP) is 2.30. The van der Waals surface area contributed by atoms with Gasteiger partial charge in [0.15, 0.2) is 0 Å². The Kier molecular flexibility index (Phi) is 4.76. The maximum absolute atomic E-state index is 13.2. The van der Waals surface area contributed by atoms with Gasteiger partial charge in [0, 0.05) is 18.5 Å². The highest BCUT2D eigenvalue weighted by atomic mass is 16.5. The number of carbonyl (C=O) groups excluding carboxylic acids is 3. The molecule has 3 aliphatic rings. The normalized spacial score (nSPS) is 26.0. The third kappa shape index (κ3) is 3.15. The van der Waals surface area contributed by atoms with E-state index in [2.05, 4.69) is 5.32 Å². The molecule has 144 valence electrons. The summed E-state index contributed by atoms with van der Waals surface area (Å²) >= 11 is 0. The molecule has 3 fully saturated rings. The van der Waals surface area contributed by atoms with E-state index in [0.717, 1.165) is 30.6 Å². The van der Waals surface area contributed by atoms with Gasteiger partial charge in [0.05, 0.1) is 18.8 Å². The van der Waals surface area contributed by atoms with Crippen molar-refractivity contribution < 1.29 is 19.1 Å². The average Bonchev–Trinajstić information content (AvgIpc) is 3.12. The first-order valence-electron chi connectivity index (χ1n) is 9.69. The summed E-state index contributed by atoms with van der Waals surface area (Å²) in [5.74, 6) is 0.306. The van der Waals surface area contributed by atoms with Crippen molar-refractivity contribution in [2.24, 2.45) is 5.92 Å². The van der Waals surface area contributed by atoms with Gasteiger partial charge in [0.2, 0.25) is 5.91 Å². The highest BCUT2D eigenvalue weighted by Crippen LogP contribution is 2.33. The highest BCUT2D eigenvalue weighted by Gasteiger charge is 2.50. The molecule has 1 aromatic rings. The Morgan fingerprint density at radius 2 is 1.93 bits per heavy atom. The van der Waals surface area contributed by atoms with Crippen molar-refractivity contribution in [1.82, 2.24) is 10.2 Å². The number of likely N-dealkylation sites (tertiary alicyclic amines) is 1. The summed E-state index contributed by atoms with van der Waals surface area (Å²) in [5.41, 5.74) is 0.451. The fraction of sp³-hybridized carbons (Fsp3) is 0.550. The maximum atomic E-state index is 13.2. The molecule has 2 aliphatic heterocycles. The number of amides is 4. The van der Waals surface area contributed by atoms with Gasteiger partial charge < -0.3 is 15.0 Å². The second kappa shape index (κ2) is 7.21. The zero-order valence-electron chi connectivity index (χ0n) is 15.5. The summed E-state index contributed by atoms with van der Waals surface area (Å²) in [5, 5.41) is 2.91. The predicted molar refractivity (Wildman–Crippen MR) is 99.5 cm³/mol. The van der Waals surface area contributed by atoms with Gasteiger partial charge >= 0.3 is 6.03 Å². The SMILES string of the molecule is COc1cccc(N2C(=O)N[C@@H]3CCN(C(=O)C4CCCCC4)[C@@H]3C2=O)c1. The van der Waals surface area contributed by atoms with Gasteiger partial charge in [-0.2, -0.15) is 0 Å². The Balaban J connectivity index is 1.59. The first-order chi connectivity index (χ1) is 13.1. The van der Waals surface area contributed by atoms with E-state index in [4.69, 9.17) is 4.74 Å². The van der Waals surface area contributed by atoms with Gasteiger partial charge in [0.1, 0.15) is 11.8 Å².